The summed E-state index contributed by atoms with van der Waals surface area (Å²) in [6, 6.07) is 35.0. The Morgan fingerprint density at radius 3 is 2.19 bits per heavy atom. The number of hydrogen-bond donors (Lipinski definition) is 1. The van der Waals surface area contributed by atoms with Gasteiger partial charge in [0, 0.05) is 38.3 Å². The Bertz CT molecular complexity index is 1800. The molecular formula is C29H20N2. The molecule has 0 saturated carbocycles. The zero-order valence-corrected chi connectivity index (χ0v) is 17.2. The zero-order valence-electron chi connectivity index (χ0n) is 17.2. The van der Waals surface area contributed by atoms with Gasteiger partial charge in [0.2, 0.25) is 0 Å². The van der Waals surface area contributed by atoms with Crippen LogP contribution in [-0.2, 0) is 0 Å². The van der Waals surface area contributed by atoms with Gasteiger partial charge in [0.25, 0.3) is 0 Å². The number of rotatable bonds is 1. The van der Waals surface area contributed by atoms with E-state index >= 15 is 0 Å². The SMILES string of the molecule is Cc1c(-n2c3ccccc3c3c4c(ccc32)[nH]c2ccccc24)ccc2ccccc12. The van der Waals surface area contributed by atoms with Crippen molar-refractivity contribution >= 4 is 54.4 Å². The molecule has 0 aliphatic rings. The maximum Gasteiger partial charge on any atom is 0.0549 e. The summed E-state index contributed by atoms with van der Waals surface area (Å²) in [6.07, 6.45) is 0. The Morgan fingerprint density at radius 2 is 1.29 bits per heavy atom. The van der Waals surface area contributed by atoms with Crippen molar-refractivity contribution in [2.24, 2.45) is 0 Å². The van der Waals surface area contributed by atoms with Gasteiger partial charge >= 0.3 is 0 Å². The average Bonchev–Trinajstić information content (AvgIpc) is 3.35. The average molecular weight is 396 g/mol. The summed E-state index contributed by atoms with van der Waals surface area (Å²) in [6.45, 7) is 2.24. The van der Waals surface area contributed by atoms with Crippen LogP contribution < -0.4 is 0 Å². The molecular weight excluding hydrogens is 376 g/mol. The van der Waals surface area contributed by atoms with Crippen LogP contribution in [0.5, 0.6) is 0 Å². The van der Waals surface area contributed by atoms with Gasteiger partial charge in [-0.25, -0.2) is 0 Å². The van der Waals surface area contributed by atoms with Gasteiger partial charge in [-0.2, -0.15) is 0 Å². The lowest BCUT2D eigenvalue weighted by molar-refractivity contribution is 1.16. The van der Waals surface area contributed by atoms with Crippen LogP contribution in [0.1, 0.15) is 5.56 Å². The highest BCUT2D eigenvalue weighted by molar-refractivity contribution is 6.28. The number of nitrogens with one attached hydrogen (secondary N) is 1. The standard InChI is InChI=1S/C29H20N2/c1-18-20-9-3-2-8-19(20)14-16-25(18)31-26-13-7-5-11-22(26)29-27(31)17-15-24-28(29)21-10-4-6-12-23(21)30-24/h2-17,30H,1H3. The molecule has 0 fully saturated rings. The Morgan fingerprint density at radius 1 is 0.548 bits per heavy atom. The van der Waals surface area contributed by atoms with E-state index in [0.29, 0.717) is 0 Å². The predicted octanol–water partition coefficient (Wildman–Crippen LogP) is 7.88. The van der Waals surface area contributed by atoms with E-state index in [1.807, 2.05) is 0 Å². The van der Waals surface area contributed by atoms with E-state index in [1.54, 1.807) is 0 Å². The maximum absolute atomic E-state index is 3.61. The summed E-state index contributed by atoms with van der Waals surface area (Å²) in [5, 5.41) is 7.78. The fourth-order valence-corrected chi connectivity index (χ4v) is 5.32. The third-order valence-corrected chi connectivity index (χ3v) is 6.71. The quantitative estimate of drug-likeness (QED) is 0.291. The van der Waals surface area contributed by atoms with Crippen molar-refractivity contribution in [3.63, 3.8) is 0 Å². The van der Waals surface area contributed by atoms with Crippen molar-refractivity contribution in [2.75, 3.05) is 0 Å². The Balaban J connectivity index is 1.72. The number of hydrogen-bond acceptors (Lipinski definition) is 0. The molecule has 0 atom stereocenters. The Labute approximate surface area is 179 Å². The number of benzene rings is 5. The van der Waals surface area contributed by atoms with Crippen molar-refractivity contribution in [2.45, 2.75) is 6.92 Å². The molecule has 0 bridgehead atoms. The molecule has 31 heavy (non-hydrogen) atoms. The number of H-pyrrole nitrogens is 1. The van der Waals surface area contributed by atoms with E-state index in [4.69, 9.17) is 0 Å². The Hall–Kier alpha value is -4.04. The van der Waals surface area contributed by atoms with Gasteiger partial charge < -0.3 is 9.55 Å². The van der Waals surface area contributed by atoms with Crippen molar-refractivity contribution < 1.29 is 0 Å². The molecule has 0 amide bonds. The number of aryl methyl sites for hydroxylation is 1. The molecule has 0 radical (unpaired) electrons. The summed E-state index contributed by atoms with van der Waals surface area (Å²) in [5.41, 5.74) is 7.41. The number of para-hydroxylation sites is 2. The topological polar surface area (TPSA) is 20.7 Å². The third kappa shape index (κ3) is 2.17. The first-order valence-electron chi connectivity index (χ1n) is 10.7. The molecule has 2 nitrogen and oxygen atoms in total. The molecule has 2 heterocycles. The van der Waals surface area contributed by atoms with Gasteiger partial charge in [-0.15, -0.1) is 0 Å². The van der Waals surface area contributed by atoms with E-state index in [0.717, 1.165) is 0 Å². The van der Waals surface area contributed by atoms with Gasteiger partial charge in [-0.05, 0) is 53.6 Å². The van der Waals surface area contributed by atoms with Crippen molar-refractivity contribution in [3.05, 3.63) is 103 Å². The molecule has 1 N–H and O–H groups in total. The fourth-order valence-electron chi connectivity index (χ4n) is 5.32. The Kier molecular flexibility index (Phi) is 3.23. The molecule has 0 unspecified atom stereocenters. The van der Waals surface area contributed by atoms with Crippen molar-refractivity contribution in [3.8, 4) is 5.69 Å². The van der Waals surface area contributed by atoms with E-state index in [1.165, 1.54) is 65.6 Å². The number of fused-ring (bicyclic) bond motifs is 8. The molecule has 5 aromatic carbocycles. The molecule has 7 rings (SSSR count). The normalized spacial score (nSPS) is 12.0. The van der Waals surface area contributed by atoms with Crippen LogP contribution in [0, 0.1) is 6.92 Å². The second kappa shape index (κ2) is 5.99. The lowest BCUT2D eigenvalue weighted by atomic mass is 10.0. The van der Waals surface area contributed by atoms with Crippen LogP contribution >= 0.6 is 0 Å². The summed E-state index contributed by atoms with van der Waals surface area (Å²) < 4.78 is 2.44. The maximum atomic E-state index is 3.61. The zero-order chi connectivity index (χ0) is 20.5. The largest absolute Gasteiger partial charge is 0.354 e. The lowest BCUT2D eigenvalue weighted by Crippen LogP contribution is -1.97. The van der Waals surface area contributed by atoms with Gasteiger partial charge in [0.05, 0.1) is 11.0 Å². The van der Waals surface area contributed by atoms with Crippen LogP contribution in [-0.4, -0.2) is 9.55 Å². The predicted molar refractivity (Wildman–Crippen MR) is 132 cm³/mol. The van der Waals surface area contributed by atoms with Gasteiger partial charge in [0.15, 0.2) is 0 Å². The monoisotopic (exact) mass is 396 g/mol. The third-order valence-electron chi connectivity index (χ3n) is 6.71. The molecule has 7 aromatic rings. The molecule has 2 aromatic heterocycles. The van der Waals surface area contributed by atoms with Crippen LogP contribution in [0.2, 0.25) is 0 Å². The minimum absolute atomic E-state index is 1.18. The van der Waals surface area contributed by atoms with Crippen LogP contribution in [0.15, 0.2) is 97.1 Å². The minimum atomic E-state index is 1.18. The molecule has 2 heteroatoms. The summed E-state index contributed by atoms with van der Waals surface area (Å²) >= 11 is 0. The lowest BCUT2D eigenvalue weighted by Gasteiger charge is -2.13. The first-order chi connectivity index (χ1) is 15.3. The highest BCUT2D eigenvalue weighted by Gasteiger charge is 2.18. The van der Waals surface area contributed by atoms with Crippen molar-refractivity contribution in [1.29, 1.82) is 0 Å². The molecule has 0 aliphatic heterocycles. The highest BCUT2D eigenvalue weighted by atomic mass is 15.0. The van der Waals surface area contributed by atoms with E-state index in [9.17, 15) is 0 Å². The van der Waals surface area contributed by atoms with Crippen LogP contribution in [0.4, 0.5) is 0 Å². The second-order valence-electron chi connectivity index (χ2n) is 8.34. The second-order valence-corrected chi connectivity index (χ2v) is 8.34. The summed E-state index contributed by atoms with van der Waals surface area (Å²) in [7, 11) is 0. The van der Waals surface area contributed by atoms with E-state index < -0.39 is 0 Å². The highest BCUT2D eigenvalue weighted by Crippen LogP contribution is 2.40. The molecule has 146 valence electrons. The number of nitrogens with zero attached hydrogens (tertiary/aromatic N) is 1. The van der Waals surface area contributed by atoms with Crippen LogP contribution in [0.25, 0.3) is 60.1 Å². The molecule has 0 saturated heterocycles. The molecule has 0 spiro atoms. The summed E-state index contributed by atoms with van der Waals surface area (Å²) in [4.78, 5) is 3.61. The smallest absolute Gasteiger partial charge is 0.0549 e. The first kappa shape index (κ1) is 16.7. The number of aromatic nitrogens is 2. The number of aromatic amines is 1. The van der Waals surface area contributed by atoms with Gasteiger partial charge in [-0.3, -0.25) is 0 Å². The first-order valence-corrected chi connectivity index (χ1v) is 10.7. The fraction of sp³-hybridized carbons (Fsp3) is 0.0345. The van der Waals surface area contributed by atoms with Gasteiger partial charge in [0.1, 0.15) is 0 Å². The van der Waals surface area contributed by atoms with Gasteiger partial charge in [-0.1, -0.05) is 66.7 Å². The molecule has 0 aliphatic carbocycles. The van der Waals surface area contributed by atoms with E-state index in [2.05, 4.69) is 114 Å². The van der Waals surface area contributed by atoms with Crippen molar-refractivity contribution in [1.82, 2.24) is 9.55 Å². The minimum Gasteiger partial charge on any atom is -0.354 e. The van der Waals surface area contributed by atoms with E-state index in [-0.39, 0.29) is 0 Å². The van der Waals surface area contributed by atoms with Crippen LogP contribution in [0.3, 0.4) is 0 Å². The summed E-state index contributed by atoms with van der Waals surface area (Å²) in [5.74, 6) is 0.